The van der Waals surface area contributed by atoms with Crippen LogP contribution in [-0.2, 0) is 4.43 Å². The Kier molecular flexibility index (Phi) is 5.80. The summed E-state index contributed by atoms with van der Waals surface area (Å²) in [7, 11) is -1.70. The predicted octanol–water partition coefficient (Wildman–Crippen LogP) is 5.53. The van der Waals surface area contributed by atoms with Gasteiger partial charge in [-0.15, -0.1) is 0 Å². The highest BCUT2D eigenvalue weighted by atomic mass is 28.4. The van der Waals surface area contributed by atoms with Crippen molar-refractivity contribution < 1.29 is 9.53 Å². The number of rotatable bonds is 5. The Morgan fingerprint density at radius 3 is 2.27 bits per heavy atom. The molecule has 0 heterocycles. The molecule has 3 atom stereocenters. The second-order valence-electron chi connectivity index (χ2n) is 9.64. The molecule has 3 heteroatoms. The van der Waals surface area contributed by atoms with Crippen LogP contribution in [0.2, 0.25) is 18.1 Å². The van der Waals surface area contributed by atoms with Crippen LogP contribution < -0.4 is 0 Å². The number of allylic oxidation sites excluding steroid dienone is 1. The molecule has 1 rings (SSSR count). The highest BCUT2D eigenvalue weighted by Crippen LogP contribution is 2.45. The summed E-state index contributed by atoms with van der Waals surface area (Å²) in [6.07, 6.45) is 7.46. The lowest BCUT2D eigenvalue weighted by Gasteiger charge is -2.45. The Bertz CT molecular complexity index is 402. The van der Waals surface area contributed by atoms with Crippen molar-refractivity contribution in [1.29, 1.82) is 0 Å². The summed E-state index contributed by atoms with van der Waals surface area (Å²) in [5.41, 5.74) is -0.548. The SMILES string of the molecule is C[C@@H](CC[C@@H]1C(C)(C)CC=C[C@]1(C)O)O[Si](C)(C)C(C)(C)C. The molecule has 0 saturated heterocycles. The van der Waals surface area contributed by atoms with Crippen molar-refractivity contribution in [1.82, 2.24) is 0 Å². The van der Waals surface area contributed by atoms with E-state index in [1.807, 2.05) is 13.0 Å². The molecular formula is C19H38O2Si. The molecule has 0 amide bonds. The third kappa shape index (κ3) is 4.69. The Hall–Kier alpha value is -0.123. The summed E-state index contributed by atoms with van der Waals surface area (Å²) >= 11 is 0. The van der Waals surface area contributed by atoms with Gasteiger partial charge in [0, 0.05) is 6.10 Å². The van der Waals surface area contributed by atoms with E-state index < -0.39 is 13.9 Å². The van der Waals surface area contributed by atoms with Gasteiger partial charge < -0.3 is 9.53 Å². The van der Waals surface area contributed by atoms with E-state index in [0.717, 1.165) is 19.3 Å². The summed E-state index contributed by atoms with van der Waals surface area (Å²) in [5.74, 6) is 0.287. The van der Waals surface area contributed by atoms with Crippen molar-refractivity contribution >= 4 is 8.32 Å². The second-order valence-corrected chi connectivity index (χ2v) is 14.4. The van der Waals surface area contributed by atoms with Crippen molar-refractivity contribution in [3.05, 3.63) is 12.2 Å². The monoisotopic (exact) mass is 326 g/mol. The molecule has 0 saturated carbocycles. The summed E-state index contributed by atoms with van der Waals surface area (Å²) in [4.78, 5) is 0. The molecule has 0 aromatic heterocycles. The fourth-order valence-electron chi connectivity index (χ4n) is 3.47. The molecule has 0 spiro atoms. The fraction of sp³-hybridized carbons (Fsp3) is 0.895. The molecule has 22 heavy (non-hydrogen) atoms. The van der Waals surface area contributed by atoms with Crippen molar-refractivity contribution in [3.63, 3.8) is 0 Å². The van der Waals surface area contributed by atoms with Crippen molar-refractivity contribution in [2.75, 3.05) is 0 Å². The molecule has 0 aromatic rings. The van der Waals surface area contributed by atoms with Crippen LogP contribution in [0, 0.1) is 11.3 Å². The van der Waals surface area contributed by atoms with Gasteiger partial charge >= 0.3 is 0 Å². The van der Waals surface area contributed by atoms with Crippen LogP contribution in [0.1, 0.15) is 67.7 Å². The molecule has 130 valence electrons. The standard InChI is InChI=1S/C19H38O2Si/c1-15(21-22(8,9)17(2,3)4)11-12-16-18(5,6)13-10-14-19(16,7)20/h10,14-16,20H,11-13H2,1-9H3/t15-,16+,19-/m0/s1. The summed E-state index contributed by atoms with van der Waals surface area (Å²) in [6.45, 7) is 20.2. The lowest BCUT2D eigenvalue weighted by Crippen LogP contribution is -2.46. The highest BCUT2D eigenvalue weighted by Gasteiger charge is 2.43. The third-order valence-corrected chi connectivity index (χ3v) is 10.5. The Morgan fingerprint density at radius 2 is 1.82 bits per heavy atom. The first-order chi connectivity index (χ1) is 9.69. The van der Waals surface area contributed by atoms with E-state index >= 15 is 0 Å². The van der Waals surface area contributed by atoms with Crippen LogP contribution >= 0.6 is 0 Å². The van der Waals surface area contributed by atoms with Gasteiger partial charge in [0.25, 0.3) is 0 Å². The zero-order valence-corrected chi connectivity index (χ0v) is 17.3. The minimum atomic E-state index is -1.70. The number of hydrogen-bond acceptors (Lipinski definition) is 2. The zero-order valence-electron chi connectivity index (χ0n) is 16.3. The molecule has 1 N–H and O–H groups in total. The van der Waals surface area contributed by atoms with Crippen LogP contribution in [0.3, 0.4) is 0 Å². The van der Waals surface area contributed by atoms with Gasteiger partial charge in [0.2, 0.25) is 0 Å². The molecule has 0 fully saturated rings. The van der Waals surface area contributed by atoms with Crippen molar-refractivity contribution in [2.24, 2.45) is 11.3 Å². The number of aliphatic hydroxyl groups is 1. The van der Waals surface area contributed by atoms with Crippen LogP contribution in [0.25, 0.3) is 0 Å². The molecule has 0 radical (unpaired) electrons. The second kappa shape index (κ2) is 6.41. The van der Waals surface area contributed by atoms with Gasteiger partial charge in [-0.3, -0.25) is 0 Å². The molecule has 1 aliphatic rings. The van der Waals surface area contributed by atoms with Crippen molar-refractivity contribution in [3.8, 4) is 0 Å². The van der Waals surface area contributed by atoms with E-state index in [1.165, 1.54) is 0 Å². The van der Waals surface area contributed by atoms with Gasteiger partial charge in [-0.2, -0.15) is 0 Å². The Balaban J connectivity index is 2.67. The first-order valence-corrected chi connectivity index (χ1v) is 11.7. The Labute approximate surface area is 139 Å². The molecule has 2 nitrogen and oxygen atoms in total. The normalized spacial score (nSPS) is 30.4. The van der Waals surface area contributed by atoms with E-state index in [0.29, 0.717) is 0 Å². The average molecular weight is 327 g/mol. The minimum Gasteiger partial charge on any atom is -0.414 e. The van der Waals surface area contributed by atoms with Crippen LogP contribution in [0.15, 0.2) is 12.2 Å². The van der Waals surface area contributed by atoms with Gasteiger partial charge in [0.15, 0.2) is 8.32 Å². The lowest BCUT2D eigenvalue weighted by atomic mass is 9.63. The van der Waals surface area contributed by atoms with E-state index in [-0.39, 0.29) is 22.5 Å². The quantitative estimate of drug-likeness (QED) is 0.531. The maximum absolute atomic E-state index is 10.7. The summed E-state index contributed by atoms with van der Waals surface area (Å²) in [6, 6.07) is 0. The van der Waals surface area contributed by atoms with Gasteiger partial charge in [0.05, 0.1) is 5.60 Å². The van der Waals surface area contributed by atoms with Gasteiger partial charge in [-0.1, -0.05) is 46.8 Å². The molecule has 0 aliphatic heterocycles. The highest BCUT2D eigenvalue weighted by molar-refractivity contribution is 6.74. The third-order valence-electron chi connectivity index (χ3n) is 5.91. The summed E-state index contributed by atoms with van der Waals surface area (Å²) < 4.78 is 6.47. The molecule has 0 unspecified atom stereocenters. The first kappa shape index (κ1) is 19.9. The molecule has 0 aromatic carbocycles. The van der Waals surface area contributed by atoms with Crippen LogP contribution in [0.4, 0.5) is 0 Å². The van der Waals surface area contributed by atoms with Crippen LogP contribution in [0.5, 0.6) is 0 Å². The topological polar surface area (TPSA) is 29.5 Å². The Morgan fingerprint density at radius 1 is 1.27 bits per heavy atom. The maximum Gasteiger partial charge on any atom is 0.192 e. The van der Waals surface area contributed by atoms with Gasteiger partial charge in [0.1, 0.15) is 0 Å². The van der Waals surface area contributed by atoms with E-state index in [4.69, 9.17) is 4.43 Å². The molecular weight excluding hydrogens is 288 g/mol. The lowest BCUT2D eigenvalue weighted by molar-refractivity contribution is -0.0324. The minimum absolute atomic E-state index is 0.148. The maximum atomic E-state index is 10.7. The van der Waals surface area contributed by atoms with Gasteiger partial charge in [-0.25, -0.2) is 0 Å². The van der Waals surface area contributed by atoms with Crippen molar-refractivity contribution in [2.45, 2.75) is 97.6 Å². The zero-order chi connectivity index (χ0) is 17.4. The van der Waals surface area contributed by atoms with Crippen LogP contribution in [-0.4, -0.2) is 25.1 Å². The average Bonchev–Trinajstić information content (AvgIpc) is 2.23. The van der Waals surface area contributed by atoms with E-state index in [1.54, 1.807) is 0 Å². The summed E-state index contributed by atoms with van der Waals surface area (Å²) in [5, 5.41) is 11.0. The van der Waals surface area contributed by atoms with Gasteiger partial charge in [-0.05, 0) is 62.6 Å². The smallest absolute Gasteiger partial charge is 0.192 e. The fourth-order valence-corrected chi connectivity index (χ4v) is 4.95. The first-order valence-electron chi connectivity index (χ1n) is 8.77. The van der Waals surface area contributed by atoms with E-state index in [9.17, 15) is 5.11 Å². The predicted molar refractivity (Wildman–Crippen MR) is 98.6 cm³/mol. The van der Waals surface area contributed by atoms with E-state index in [2.05, 4.69) is 60.7 Å². The number of hydrogen-bond donors (Lipinski definition) is 1. The molecule has 1 aliphatic carbocycles. The largest absolute Gasteiger partial charge is 0.414 e. The molecule has 0 bridgehead atoms.